The van der Waals surface area contributed by atoms with Gasteiger partial charge in [0.2, 0.25) is 5.91 Å². The fourth-order valence-corrected chi connectivity index (χ4v) is 5.46. The highest BCUT2D eigenvalue weighted by Crippen LogP contribution is 2.54. The van der Waals surface area contributed by atoms with Crippen LogP contribution in [0.4, 0.5) is 0 Å². The number of benzene rings is 1. The van der Waals surface area contributed by atoms with Gasteiger partial charge in [0.25, 0.3) is 10.2 Å². The topological polar surface area (TPSA) is 79.0 Å². The maximum Gasteiger partial charge on any atom is 0.278 e. The summed E-state index contributed by atoms with van der Waals surface area (Å²) in [6.07, 6.45) is 5.38. The number of hydrogen-bond acceptors (Lipinski definition) is 4. The first-order chi connectivity index (χ1) is 13.3. The van der Waals surface area contributed by atoms with Crippen LogP contribution in [0.3, 0.4) is 0 Å². The lowest BCUT2D eigenvalue weighted by atomic mass is 9.74. The number of ether oxygens (including phenoxy) is 1. The van der Waals surface area contributed by atoms with Crippen molar-refractivity contribution in [2.24, 2.45) is 11.8 Å². The van der Waals surface area contributed by atoms with Gasteiger partial charge in [0, 0.05) is 45.1 Å². The molecule has 0 aliphatic carbocycles. The first-order valence-electron chi connectivity index (χ1n) is 9.68. The first-order valence-corrected chi connectivity index (χ1v) is 11.1. The van der Waals surface area contributed by atoms with Crippen LogP contribution in [0.25, 0.3) is 6.08 Å². The molecule has 3 aliphatic heterocycles. The number of nitrogens with zero attached hydrogens (tertiary/aromatic N) is 2. The molecule has 28 heavy (non-hydrogen) atoms. The molecule has 2 bridgehead atoms. The summed E-state index contributed by atoms with van der Waals surface area (Å²) in [6, 6.07) is 9.74. The van der Waals surface area contributed by atoms with Crippen molar-refractivity contribution in [3.8, 4) is 0 Å². The molecule has 4 atom stereocenters. The number of rotatable bonds is 6. The van der Waals surface area contributed by atoms with Gasteiger partial charge in [0.15, 0.2) is 0 Å². The van der Waals surface area contributed by atoms with E-state index in [1.54, 1.807) is 6.08 Å². The second-order valence-corrected chi connectivity index (χ2v) is 10.1. The van der Waals surface area contributed by atoms with Crippen molar-refractivity contribution in [2.45, 2.75) is 24.5 Å². The first kappa shape index (κ1) is 19.6. The van der Waals surface area contributed by atoms with Crippen LogP contribution in [0.5, 0.6) is 0 Å². The van der Waals surface area contributed by atoms with Crippen LogP contribution < -0.4 is 4.72 Å². The Labute approximate surface area is 166 Å². The number of hydrogen-bond donors (Lipinski definition) is 1. The van der Waals surface area contributed by atoms with Crippen LogP contribution in [0.15, 0.2) is 36.4 Å². The minimum Gasteiger partial charge on any atom is -0.369 e. The summed E-state index contributed by atoms with van der Waals surface area (Å²) in [6.45, 7) is 1.55. The number of likely N-dealkylation sites (tertiary alicyclic amines) is 1. The highest BCUT2D eigenvalue weighted by Gasteiger charge is 2.63. The molecule has 152 valence electrons. The van der Waals surface area contributed by atoms with Crippen LogP contribution in [0.1, 0.15) is 18.4 Å². The van der Waals surface area contributed by atoms with Gasteiger partial charge in [-0.25, -0.2) is 4.72 Å². The minimum absolute atomic E-state index is 0.0210. The predicted octanol–water partition coefficient (Wildman–Crippen LogP) is 1.10. The summed E-state index contributed by atoms with van der Waals surface area (Å²) < 4.78 is 34.3. The molecule has 1 amide bonds. The van der Waals surface area contributed by atoms with Crippen molar-refractivity contribution in [3.63, 3.8) is 0 Å². The van der Waals surface area contributed by atoms with Crippen LogP contribution in [0.2, 0.25) is 0 Å². The molecule has 0 aromatic heterocycles. The van der Waals surface area contributed by atoms with E-state index in [2.05, 4.69) is 4.72 Å². The molecule has 1 aromatic rings. The number of nitrogens with one attached hydrogen (secondary N) is 1. The highest BCUT2D eigenvalue weighted by atomic mass is 32.2. The SMILES string of the molecule is CN(C)S(=O)(=O)NC[C@H]1[C@H]2CN(C(=O)/C=C/c3ccccc3)C[C@]23CC[C@H]1O3. The zero-order valence-electron chi connectivity index (χ0n) is 16.2. The minimum atomic E-state index is -3.47. The zero-order chi connectivity index (χ0) is 19.9. The van der Waals surface area contributed by atoms with Gasteiger partial charge in [-0.2, -0.15) is 12.7 Å². The fraction of sp³-hybridized carbons (Fsp3) is 0.550. The van der Waals surface area contributed by atoms with E-state index in [0.717, 1.165) is 18.4 Å². The molecular weight excluding hydrogens is 378 g/mol. The van der Waals surface area contributed by atoms with E-state index >= 15 is 0 Å². The summed E-state index contributed by atoms with van der Waals surface area (Å²) in [5.74, 6) is 0.247. The van der Waals surface area contributed by atoms with Crippen molar-refractivity contribution in [1.82, 2.24) is 13.9 Å². The van der Waals surface area contributed by atoms with E-state index in [-0.39, 0.29) is 29.4 Å². The third-order valence-electron chi connectivity index (χ3n) is 6.30. The Morgan fingerprint density at radius 2 is 2.11 bits per heavy atom. The van der Waals surface area contributed by atoms with Gasteiger partial charge in [-0.1, -0.05) is 30.3 Å². The Kier molecular flexibility index (Phi) is 5.07. The van der Waals surface area contributed by atoms with Gasteiger partial charge in [-0.3, -0.25) is 4.79 Å². The Morgan fingerprint density at radius 3 is 2.82 bits per heavy atom. The van der Waals surface area contributed by atoms with Crippen LogP contribution in [-0.4, -0.2) is 69.0 Å². The molecule has 1 spiro atoms. The molecule has 3 aliphatic rings. The lowest BCUT2D eigenvalue weighted by molar-refractivity contribution is -0.126. The second kappa shape index (κ2) is 7.26. The summed E-state index contributed by atoms with van der Waals surface area (Å²) in [5, 5.41) is 0. The van der Waals surface area contributed by atoms with Crippen molar-refractivity contribution in [3.05, 3.63) is 42.0 Å². The zero-order valence-corrected chi connectivity index (χ0v) is 17.1. The van der Waals surface area contributed by atoms with Crippen molar-refractivity contribution in [2.75, 3.05) is 33.7 Å². The van der Waals surface area contributed by atoms with Gasteiger partial charge in [0.05, 0.1) is 18.2 Å². The third kappa shape index (κ3) is 3.50. The quantitative estimate of drug-likeness (QED) is 0.719. The molecule has 1 N–H and O–H groups in total. The normalized spacial score (nSPS) is 31.8. The molecule has 0 unspecified atom stereocenters. The Balaban J connectivity index is 1.43. The van der Waals surface area contributed by atoms with Gasteiger partial charge in [-0.05, 0) is 24.5 Å². The molecule has 4 rings (SSSR count). The molecule has 1 aromatic carbocycles. The van der Waals surface area contributed by atoms with Gasteiger partial charge < -0.3 is 9.64 Å². The number of amides is 1. The number of fused-ring (bicyclic) bond motifs is 1. The smallest absolute Gasteiger partial charge is 0.278 e. The van der Waals surface area contributed by atoms with E-state index in [4.69, 9.17) is 4.74 Å². The highest BCUT2D eigenvalue weighted by molar-refractivity contribution is 7.87. The second-order valence-electron chi connectivity index (χ2n) is 8.13. The lowest BCUT2D eigenvalue weighted by Gasteiger charge is -2.29. The molecule has 7 nitrogen and oxygen atoms in total. The van der Waals surface area contributed by atoms with Crippen molar-refractivity contribution in [1.29, 1.82) is 0 Å². The van der Waals surface area contributed by atoms with Crippen LogP contribution >= 0.6 is 0 Å². The third-order valence-corrected chi connectivity index (χ3v) is 7.79. The van der Waals surface area contributed by atoms with E-state index in [9.17, 15) is 13.2 Å². The molecule has 3 fully saturated rings. The Morgan fingerprint density at radius 1 is 1.36 bits per heavy atom. The van der Waals surface area contributed by atoms with Crippen LogP contribution in [0, 0.1) is 11.8 Å². The average Bonchev–Trinajstić information content (AvgIpc) is 3.33. The standard InChI is InChI=1S/C20H27N3O4S/c1-22(2)28(25,26)21-12-16-17-13-23(14-20(17)11-10-18(16)27-20)19(24)9-8-15-6-4-3-5-7-15/h3-9,16-18,21H,10-14H2,1-2H3/b9-8+/t16-,17+,18+,20+/m0/s1. The maximum absolute atomic E-state index is 12.7. The maximum atomic E-state index is 12.7. The summed E-state index contributed by atoms with van der Waals surface area (Å²) >= 11 is 0. The van der Waals surface area contributed by atoms with Gasteiger partial charge in [0.1, 0.15) is 0 Å². The van der Waals surface area contributed by atoms with E-state index in [0.29, 0.717) is 19.6 Å². The largest absolute Gasteiger partial charge is 0.369 e. The van der Waals surface area contributed by atoms with Crippen molar-refractivity contribution >= 4 is 22.2 Å². The van der Waals surface area contributed by atoms with Crippen LogP contribution in [-0.2, 0) is 19.7 Å². The van der Waals surface area contributed by atoms with Crippen molar-refractivity contribution < 1.29 is 17.9 Å². The fourth-order valence-electron chi connectivity index (χ4n) is 4.80. The molecule has 8 heteroatoms. The van der Waals surface area contributed by atoms with Gasteiger partial charge >= 0.3 is 0 Å². The predicted molar refractivity (Wildman–Crippen MR) is 106 cm³/mol. The molecule has 3 saturated heterocycles. The number of carbonyl (C=O) groups is 1. The summed E-state index contributed by atoms with van der Waals surface area (Å²) in [5.41, 5.74) is 0.677. The Hall–Kier alpha value is -1.74. The summed E-state index contributed by atoms with van der Waals surface area (Å²) in [7, 11) is -0.446. The average molecular weight is 406 g/mol. The van der Waals surface area contributed by atoms with E-state index < -0.39 is 10.2 Å². The van der Waals surface area contributed by atoms with E-state index in [1.807, 2.05) is 41.3 Å². The molecular formula is C20H27N3O4S. The molecule has 0 saturated carbocycles. The molecule has 3 heterocycles. The van der Waals surface area contributed by atoms with E-state index in [1.165, 1.54) is 18.4 Å². The number of carbonyl (C=O) groups excluding carboxylic acids is 1. The lowest BCUT2D eigenvalue weighted by Crippen LogP contribution is -2.44. The van der Waals surface area contributed by atoms with Gasteiger partial charge in [-0.15, -0.1) is 0 Å². The Bertz CT molecular complexity index is 871. The molecule has 0 radical (unpaired) electrons. The monoisotopic (exact) mass is 405 g/mol. The summed E-state index contributed by atoms with van der Waals surface area (Å²) in [4.78, 5) is 14.5.